The zero-order valence-electron chi connectivity index (χ0n) is 6.33. The van der Waals surface area contributed by atoms with Crippen molar-refractivity contribution in [1.29, 1.82) is 0 Å². The van der Waals surface area contributed by atoms with Gasteiger partial charge in [0.1, 0.15) is 0 Å². The van der Waals surface area contributed by atoms with Crippen molar-refractivity contribution in [1.82, 2.24) is 4.98 Å². The van der Waals surface area contributed by atoms with Crippen LogP contribution in [0.25, 0.3) is 10.9 Å². The highest BCUT2D eigenvalue weighted by Gasteiger charge is 2.01. The van der Waals surface area contributed by atoms with E-state index < -0.39 is 0 Å². The van der Waals surface area contributed by atoms with Gasteiger partial charge in [-0.25, -0.2) is 0 Å². The fraction of sp³-hybridized carbons (Fsp3) is 0. The third-order valence-corrected chi connectivity index (χ3v) is 1.81. The smallest absolute Gasteiger partial charge is 0.189 e. The molecule has 6 N–H and O–H groups in total. The molecule has 0 saturated heterocycles. The molecule has 2 aromatic rings. The number of fused-ring (bicyclic) bond motifs is 1. The van der Waals surface area contributed by atoms with Crippen LogP contribution in [0, 0.1) is 0 Å². The maximum atomic E-state index is 9.10. The number of hydrogen-bond acceptors (Lipinski definition) is 3. The number of H-pyrrole nitrogens is 1. The lowest BCUT2D eigenvalue weighted by Crippen LogP contribution is -1.93. The molecule has 62 valence electrons. The number of hydrogen-bond donors (Lipinski definition) is 4. The quantitative estimate of drug-likeness (QED) is 0.437. The molecular weight excluding hydrogens is 154 g/mol. The van der Waals surface area contributed by atoms with Crippen LogP contribution in [-0.4, -0.2) is 10.1 Å². The summed E-state index contributed by atoms with van der Waals surface area (Å²) in [5.41, 5.74) is 13.0. The van der Waals surface area contributed by atoms with Gasteiger partial charge in [0.15, 0.2) is 5.88 Å². The summed E-state index contributed by atoms with van der Waals surface area (Å²) in [7, 11) is 0. The van der Waals surface area contributed by atoms with Gasteiger partial charge in [-0.1, -0.05) is 0 Å². The van der Waals surface area contributed by atoms with Gasteiger partial charge in [-0.15, -0.1) is 0 Å². The third-order valence-electron chi connectivity index (χ3n) is 1.81. The minimum absolute atomic E-state index is 0.120. The lowest BCUT2D eigenvalue weighted by molar-refractivity contribution is 0.458. The van der Waals surface area contributed by atoms with E-state index in [2.05, 4.69) is 4.98 Å². The maximum absolute atomic E-state index is 9.10. The van der Waals surface area contributed by atoms with Crippen molar-refractivity contribution in [2.45, 2.75) is 0 Å². The van der Waals surface area contributed by atoms with Gasteiger partial charge in [-0.3, -0.25) is 0 Å². The van der Waals surface area contributed by atoms with Gasteiger partial charge in [0.25, 0.3) is 0 Å². The van der Waals surface area contributed by atoms with Crippen LogP contribution in [0.3, 0.4) is 0 Å². The molecule has 0 aliphatic rings. The van der Waals surface area contributed by atoms with E-state index in [4.69, 9.17) is 16.6 Å². The average molecular weight is 163 g/mol. The summed E-state index contributed by atoms with van der Waals surface area (Å²) < 4.78 is 0. The van der Waals surface area contributed by atoms with Crippen molar-refractivity contribution in [3.63, 3.8) is 0 Å². The first-order chi connectivity index (χ1) is 5.66. The van der Waals surface area contributed by atoms with E-state index in [1.165, 1.54) is 0 Å². The minimum atomic E-state index is 0.120. The SMILES string of the molecule is Nc1cc2cc(O)[nH]c2cc1N. The molecule has 0 bridgehead atoms. The fourth-order valence-electron chi connectivity index (χ4n) is 1.20. The monoisotopic (exact) mass is 163 g/mol. The van der Waals surface area contributed by atoms with Gasteiger partial charge in [0, 0.05) is 11.5 Å². The van der Waals surface area contributed by atoms with Gasteiger partial charge in [-0.05, 0) is 12.1 Å². The highest BCUT2D eigenvalue weighted by Crippen LogP contribution is 2.25. The van der Waals surface area contributed by atoms with Crippen LogP contribution in [0.1, 0.15) is 0 Å². The summed E-state index contributed by atoms with van der Waals surface area (Å²) in [5, 5.41) is 9.96. The lowest BCUT2D eigenvalue weighted by atomic mass is 10.2. The molecule has 4 nitrogen and oxygen atoms in total. The largest absolute Gasteiger partial charge is 0.495 e. The first kappa shape index (κ1) is 6.84. The van der Waals surface area contributed by atoms with E-state index in [-0.39, 0.29) is 5.88 Å². The van der Waals surface area contributed by atoms with Gasteiger partial charge >= 0.3 is 0 Å². The number of nitrogen functional groups attached to an aromatic ring is 2. The Balaban J connectivity index is 2.83. The Morgan fingerprint density at radius 2 is 1.75 bits per heavy atom. The summed E-state index contributed by atoms with van der Waals surface area (Å²) in [6, 6.07) is 5.02. The number of aromatic hydroxyl groups is 1. The Kier molecular flexibility index (Phi) is 1.18. The molecule has 0 unspecified atom stereocenters. The number of nitrogens with one attached hydrogen (secondary N) is 1. The second-order valence-electron chi connectivity index (χ2n) is 2.72. The number of benzene rings is 1. The van der Waals surface area contributed by atoms with Crippen molar-refractivity contribution in [3.8, 4) is 5.88 Å². The predicted octanol–water partition coefficient (Wildman–Crippen LogP) is 1.04. The molecule has 0 amide bonds. The summed E-state index contributed by atoms with van der Waals surface area (Å²) in [6.45, 7) is 0. The van der Waals surface area contributed by atoms with E-state index >= 15 is 0 Å². The first-order valence-electron chi connectivity index (χ1n) is 3.53. The summed E-state index contributed by atoms with van der Waals surface area (Å²) in [5.74, 6) is 0.120. The second-order valence-corrected chi connectivity index (χ2v) is 2.72. The molecule has 1 aromatic heterocycles. The molecule has 0 saturated carbocycles. The molecule has 0 spiro atoms. The normalized spacial score (nSPS) is 10.7. The number of nitrogens with two attached hydrogens (primary N) is 2. The highest BCUT2D eigenvalue weighted by molar-refractivity contribution is 5.89. The summed E-state index contributed by atoms with van der Waals surface area (Å²) >= 11 is 0. The number of anilines is 2. The Morgan fingerprint density at radius 1 is 1.08 bits per heavy atom. The third kappa shape index (κ3) is 0.852. The van der Waals surface area contributed by atoms with E-state index in [9.17, 15) is 0 Å². The van der Waals surface area contributed by atoms with Crippen molar-refractivity contribution in [2.24, 2.45) is 0 Å². The molecule has 0 atom stereocenters. The van der Waals surface area contributed by atoms with Crippen LogP contribution in [0.2, 0.25) is 0 Å². The number of aromatic nitrogens is 1. The molecule has 1 heterocycles. The van der Waals surface area contributed by atoms with Crippen LogP contribution < -0.4 is 11.5 Å². The topological polar surface area (TPSA) is 88.1 Å². The van der Waals surface area contributed by atoms with Crippen LogP contribution in [-0.2, 0) is 0 Å². The first-order valence-corrected chi connectivity index (χ1v) is 3.53. The highest BCUT2D eigenvalue weighted by atomic mass is 16.3. The minimum Gasteiger partial charge on any atom is -0.495 e. The summed E-state index contributed by atoms with van der Waals surface area (Å²) in [4.78, 5) is 2.75. The van der Waals surface area contributed by atoms with Gasteiger partial charge in [0.05, 0.1) is 16.9 Å². The Labute approximate surface area is 68.8 Å². The molecular formula is C8H9N3O. The van der Waals surface area contributed by atoms with E-state index in [0.29, 0.717) is 11.4 Å². The maximum Gasteiger partial charge on any atom is 0.189 e. The fourth-order valence-corrected chi connectivity index (χ4v) is 1.20. The molecule has 2 rings (SSSR count). The average Bonchev–Trinajstić information content (AvgIpc) is 2.30. The van der Waals surface area contributed by atoms with E-state index in [1.807, 2.05) is 0 Å². The molecule has 0 aliphatic heterocycles. The van der Waals surface area contributed by atoms with Crippen LogP contribution in [0.4, 0.5) is 11.4 Å². The predicted molar refractivity (Wildman–Crippen MR) is 48.8 cm³/mol. The lowest BCUT2D eigenvalue weighted by Gasteiger charge is -1.98. The zero-order chi connectivity index (χ0) is 8.72. The van der Waals surface area contributed by atoms with Gasteiger partial charge < -0.3 is 21.6 Å². The zero-order valence-corrected chi connectivity index (χ0v) is 6.33. The molecule has 1 aromatic carbocycles. The molecule has 4 heteroatoms. The number of aromatic amines is 1. The summed E-state index contributed by atoms with van der Waals surface area (Å²) in [6.07, 6.45) is 0. The van der Waals surface area contributed by atoms with Crippen molar-refractivity contribution in [3.05, 3.63) is 18.2 Å². The van der Waals surface area contributed by atoms with Crippen molar-refractivity contribution in [2.75, 3.05) is 11.5 Å². The van der Waals surface area contributed by atoms with Gasteiger partial charge in [0.2, 0.25) is 0 Å². The van der Waals surface area contributed by atoms with Crippen LogP contribution >= 0.6 is 0 Å². The van der Waals surface area contributed by atoms with Crippen LogP contribution in [0.5, 0.6) is 5.88 Å². The Bertz CT molecular complexity index is 394. The Hall–Kier alpha value is -1.84. The van der Waals surface area contributed by atoms with Gasteiger partial charge in [-0.2, -0.15) is 0 Å². The van der Waals surface area contributed by atoms with Crippen molar-refractivity contribution >= 4 is 22.3 Å². The second kappa shape index (κ2) is 2.07. The molecule has 0 radical (unpaired) electrons. The molecule has 0 aliphatic carbocycles. The van der Waals surface area contributed by atoms with Crippen LogP contribution in [0.15, 0.2) is 18.2 Å². The molecule has 0 fully saturated rings. The Morgan fingerprint density at radius 3 is 2.50 bits per heavy atom. The number of rotatable bonds is 0. The standard InChI is InChI=1S/C8H9N3O/c9-5-1-4-2-8(12)11-7(4)3-6(5)10/h1-3,11-12H,9-10H2. The van der Waals surface area contributed by atoms with Crippen molar-refractivity contribution < 1.29 is 5.11 Å². The van der Waals surface area contributed by atoms with E-state index in [1.54, 1.807) is 18.2 Å². The van der Waals surface area contributed by atoms with E-state index in [0.717, 1.165) is 10.9 Å². The molecule has 12 heavy (non-hydrogen) atoms.